The first-order valence-corrected chi connectivity index (χ1v) is 9.13. The van der Waals surface area contributed by atoms with Crippen LogP contribution in [0.5, 0.6) is 0 Å². The summed E-state index contributed by atoms with van der Waals surface area (Å²) in [7, 11) is 0. The Morgan fingerprint density at radius 2 is 2.23 bits per heavy atom. The number of aryl methyl sites for hydroxylation is 3. The predicted octanol–water partition coefficient (Wildman–Crippen LogP) is 2.69. The first kappa shape index (κ1) is 16.6. The van der Waals surface area contributed by atoms with Crippen molar-refractivity contribution in [2.45, 2.75) is 39.2 Å². The summed E-state index contributed by atoms with van der Waals surface area (Å²) < 4.78 is 4.11. The summed E-state index contributed by atoms with van der Waals surface area (Å²) in [5.41, 5.74) is 3.61. The molecule has 1 N–H and O–H groups in total. The topological polar surface area (TPSA) is 64.7 Å². The maximum absolute atomic E-state index is 12.7. The largest absolute Gasteiger partial charge is 0.352 e. The van der Waals surface area contributed by atoms with E-state index in [0.717, 1.165) is 36.3 Å². The minimum atomic E-state index is -0.0682. The van der Waals surface area contributed by atoms with Gasteiger partial charge in [-0.1, -0.05) is 11.6 Å². The minimum absolute atomic E-state index is 0.0682. The molecule has 6 nitrogen and oxygen atoms in total. The molecule has 1 aromatic carbocycles. The molecule has 0 radical (unpaired) electrons. The molecule has 3 aromatic rings. The van der Waals surface area contributed by atoms with Crippen molar-refractivity contribution < 1.29 is 4.79 Å². The highest BCUT2D eigenvalue weighted by molar-refractivity contribution is 5.98. The standard InChI is InChI=1S/C20H23N5O/c1-15-5-6-18(25-11-9-21-14-25)17(12-15)20(26)22-8-7-16-13-24-10-3-2-4-19(24)23-16/h5-6,9,11-14H,2-4,7-8,10H2,1H3,(H,22,26). The lowest BCUT2D eigenvalue weighted by molar-refractivity contribution is 0.0954. The smallest absolute Gasteiger partial charge is 0.253 e. The van der Waals surface area contributed by atoms with E-state index in [1.807, 2.05) is 35.9 Å². The number of nitrogens with one attached hydrogen (secondary N) is 1. The van der Waals surface area contributed by atoms with Crippen LogP contribution in [-0.4, -0.2) is 31.6 Å². The third-order valence-corrected chi connectivity index (χ3v) is 4.80. The van der Waals surface area contributed by atoms with Crippen LogP contribution in [0.2, 0.25) is 0 Å². The Morgan fingerprint density at radius 3 is 3.04 bits per heavy atom. The highest BCUT2D eigenvalue weighted by Crippen LogP contribution is 2.17. The quantitative estimate of drug-likeness (QED) is 0.770. The molecular weight excluding hydrogens is 326 g/mol. The maximum Gasteiger partial charge on any atom is 0.253 e. The molecule has 0 saturated carbocycles. The summed E-state index contributed by atoms with van der Waals surface area (Å²) in [6, 6.07) is 5.87. The second kappa shape index (κ2) is 7.15. The summed E-state index contributed by atoms with van der Waals surface area (Å²) in [5, 5.41) is 3.04. The van der Waals surface area contributed by atoms with Crippen molar-refractivity contribution in [1.82, 2.24) is 24.4 Å². The number of amides is 1. The Morgan fingerprint density at radius 1 is 1.31 bits per heavy atom. The molecule has 4 rings (SSSR count). The number of hydrogen-bond donors (Lipinski definition) is 1. The molecule has 0 spiro atoms. The van der Waals surface area contributed by atoms with Crippen LogP contribution in [0.1, 0.15) is 40.3 Å². The van der Waals surface area contributed by atoms with Crippen molar-refractivity contribution >= 4 is 5.91 Å². The summed E-state index contributed by atoms with van der Waals surface area (Å²) in [6.07, 6.45) is 11.6. The molecule has 0 saturated heterocycles. The van der Waals surface area contributed by atoms with Gasteiger partial charge in [0.2, 0.25) is 0 Å². The van der Waals surface area contributed by atoms with Crippen LogP contribution in [-0.2, 0) is 19.4 Å². The van der Waals surface area contributed by atoms with Crippen LogP contribution in [0, 0.1) is 6.92 Å². The highest BCUT2D eigenvalue weighted by atomic mass is 16.1. The minimum Gasteiger partial charge on any atom is -0.352 e. The molecule has 1 amide bonds. The van der Waals surface area contributed by atoms with Gasteiger partial charge in [0.1, 0.15) is 5.82 Å². The van der Waals surface area contributed by atoms with Crippen LogP contribution >= 0.6 is 0 Å². The lowest BCUT2D eigenvalue weighted by Crippen LogP contribution is -2.27. The first-order chi connectivity index (χ1) is 12.7. The summed E-state index contributed by atoms with van der Waals surface area (Å²) >= 11 is 0. The maximum atomic E-state index is 12.7. The fourth-order valence-corrected chi connectivity index (χ4v) is 3.45. The van der Waals surface area contributed by atoms with Crippen LogP contribution in [0.3, 0.4) is 0 Å². The van der Waals surface area contributed by atoms with Gasteiger partial charge in [0, 0.05) is 44.5 Å². The van der Waals surface area contributed by atoms with Gasteiger partial charge in [-0.05, 0) is 31.9 Å². The van der Waals surface area contributed by atoms with E-state index in [4.69, 9.17) is 4.98 Å². The van der Waals surface area contributed by atoms with E-state index in [0.29, 0.717) is 12.1 Å². The van der Waals surface area contributed by atoms with Gasteiger partial charge >= 0.3 is 0 Å². The normalized spacial score (nSPS) is 13.4. The number of carbonyl (C=O) groups excluding carboxylic acids is 1. The zero-order valence-electron chi connectivity index (χ0n) is 15.0. The molecule has 0 aliphatic carbocycles. The Bertz CT molecular complexity index is 887. The average Bonchev–Trinajstić information content (AvgIpc) is 3.30. The van der Waals surface area contributed by atoms with E-state index in [-0.39, 0.29) is 5.91 Å². The second-order valence-corrected chi connectivity index (χ2v) is 6.80. The van der Waals surface area contributed by atoms with Crippen molar-refractivity contribution in [3.05, 3.63) is 65.8 Å². The van der Waals surface area contributed by atoms with Crippen molar-refractivity contribution in [2.75, 3.05) is 6.54 Å². The van der Waals surface area contributed by atoms with Gasteiger partial charge in [0.25, 0.3) is 5.91 Å². The Labute approximate surface area is 152 Å². The SMILES string of the molecule is Cc1ccc(-n2ccnc2)c(C(=O)NCCc2cn3c(n2)CCCC3)c1. The molecular formula is C20H23N5O. The van der Waals surface area contributed by atoms with Crippen molar-refractivity contribution in [3.63, 3.8) is 0 Å². The fraction of sp³-hybridized carbons (Fsp3) is 0.350. The number of fused-ring (bicyclic) bond motifs is 1. The molecule has 0 atom stereocenters. The van der Waals surface area contributed by atoms with E-state index in [1.54, 1.807) is 12.5 Å². The van der Waals surface area contributed by atoms with Crippen LogP contribution in [0.4, 0.5) is 0 Å². The number of aromatic nitrogens is 4. The van der Waals surface area contributed by atoms with E-state index in [2.05, 4.69) is 21.1 Å². The molecule has 0 unspecified atom stereocenters. The average molecular weight is 349 g/mol. The molecule has 134 valence electrons. The lowest BCUT2D eigenvalue weighted by atomic mass is 10.1. The van der Waals surface area contributed by atoms with Gasteiger partial charge in [-0.2, -0.15) is 0 Å². The molecule has 26 heavy (non-hydrogen) atoms. The fourth-order valence-electron chi connectivity index (χ4n) is 3.45. The van der Waals surface area contributed by atoms with Crippen LogP contribution in [0.25, 0.3) is 5.69 Å². The number of benzene rings is 1. The van der Waals surface area contributed by atoms with Gasteiger partial charge in [-0.15, -0.1) is 0 Å². The summed E-state index contributed by atoms with van der Waals surface area (Å²) in [4.78, 5) is 21.5. The third kappa shape index (κ3) is 3.40. The molecule has 6 heteroatoms. The number of hydrogen-bond acceptors (Lipinski definition) is 3. The predicted molar refractivity (Wildman–Crippen MR) is 99.5 cm³/mol. The molecule has 1 aliphatic rings. The van der Waals surface area contributed by atoms with Gasteiger partial charge in [-0.25, -0.2) is 9.97 Å². The zero-order valence-corrected chi connectivity index (χ0v) is 15.0. The number of carbonyl (C=O) groups is 1. The van der Waals surface area contributed by atoms with Crippen molar-refractivity contribution in [3.8, 4) is 5.69 Å². The first-order valence-electron chi connectivity index (χ1n) is 9.13. The van der Waals surface area contributed by atoms with Gasteiger partial charge in [0.15, 0.2) is 0 Å². The number of nitrogens with zero attached hydrogens (tertiary/aromatic N) is 4. The summed E-state index contributed by atoms with van der Waals surface area (Å²) in [5.74, 6) is 1.11. The van der Waals surface area contributed by atoms with Crippen LogP contribution in [0.15, 0.2) is 43.1 Å². The van der Waals surface area contributed by atoms with E-state index < -0.39 is 0 Å². The van der Waals surface area contributed by atoms with Crippen LogP contribution < -0.4 is 5.32 Å². The molecule has 0 fully saturated rings. The zero-order chi connectivity index (χ0) is 17.9. The van der Waals surface area contributed by atoms with Crippen molar-refractivity contribution in [1.29, 1.82) is 0 Å². The van der Waals surface area contributed by atoms with E-state index in [1.165, 1.54) is 18.7 Å². The molecule has 1 aliphatic heterocycles. The Kier molecular flexibility index (Phi) is 4.56. The molecule has 0 bridgehead atoms. The van der Waals surface area contributed by atoms with E-state index >= 15 is 0 Å². The number of imidazole rings is 2. The van der Waals surface area contributed by atoms with Gasteiger partial charge in [0.05, 0.1) is 23.3 Å². The van der Waals surface area contributed by atoms with Gasteiger partial charge in [-0.3, -0.25) is 4.79 Å². The van der Waals surface area contributed by atoms with Gasteiger partial charge < -0.3 is 14.5 Å². The second-order valence-electron chi connectivity index (χ2n) is 6.80. The Balaban J connectivity index is 1.44. The molecule has 3 heterocycles. The highest BCUT2D eigenvalue weighted by Gasteiger charge is 2.14. The number of rotatable bonds is 5. The van der Waals surface area contributed by atoms with Crippen molar-refractivity contribution in [2.24, 2.45) is 0 Å². The monoisotopic (exact) mass is 349 g/mol. The summed E-state index contributed by atoms with van der Waals surface area (Å²) in [6.45, 7) is 3.63. The molecule has 2 aromatic heterocycles. The lowest BCUT2D eigenvalue weighted by Gasteiger charge is -2.11. The Hall–Kier alpha value is -2.89. The van der Waals surface area contributed by atoms with E-state index in [9.17, 15) is 4.79 Å². The third-order valence-electron chi connectivity index (χ3n) is 4.80.